The minimum absolute atomic E-state index is 0.130. The van der Waals surface area contributed by atoms with Crippen LogP contribution >= 0.6 is 0 Å². The molecule has 1 heterocycles. The van der Waals surface area contributed by atoms with Gasteiger partial charge in [-0.2, -0.15) is 0 Å². The van der Waals surface area contributed by atoms with Crippen LogP contribution in [0.15, 0.2) is 66.7 Å². The van der Waals surface area contributed by atoms with E-state index in [0.717, 1.165) is 23.6 Å². The van der Waals surface area contributed by atoms with Gasteiger partial charge in [0.25, 0.3) is 0 Å². The van der Waals surface area contributed by atoms with Crippen LogP contribution in [0, 0.1) is 5.92 Å². The molecular weight excluding hydrogens is 386 g/mol. The first-order valence-corrected chi connectivity index (χ1v) is 11.1. The van der Waals surface area contributed by atoms with Crippen molar-refractivity contribution in [2.24, 2.45) is 5.92 Å². The standard InChI is InChI=1S/C27H29NO3/c1-3-30-16-17-31-24-13-7-12-21-20-10-6-11-22(20)27(28-26(21)24)25-19-9-5-4-8-18(19)14-15-23(25)29-2/h4-10,12-15,20,22,27-28H,3,11,16-17H2,1-2H3. The van der Waals surface area contributed by atoms with Gasteiger partial charge >= 0.3 is 0 Å². The predicted molar refractivity (Wildman–Crippen MR) is 125 cm³/mol. The molecule has 31 heavy (non-hydrogen) atoms. The Morgan fingerprint density at radius 3 is 2.74 bits per heavy atom. The Balaban J connectivity index is 1.59. The number of fused-ring (bicyclic) bond motifs is 4. The Morgan fingerprint density at radius 1 is 0.968 bits per heavy atom. The van der Waals surface area contributed by atoms with E-state index in [-0.39, 0.29) is 6.04 Å². The van der Waals surface area contributed by atoms with E-state index in [1.807, 2.05) is 13.0 Å². The zero-order valence-electron chi connectivity index (χ0n) is 18.1. The Morgan fingerprint density at radius 2 is 1.87 bits per heavy atom. The van der Waals surface area contributed by atoms with Crippen LogP contribution in [-0.4, -0.2) is 26.9 Å². The van der Waals surface area contributed by atoms with E-state index < -0.39 is 0 Å². The highest BCUT2D eigenvalue weighted by Gasteiger charge is 2.40. The lowest BCUT2D eigenvalue weighted by atomic mass is 9.75. The molecule has 0 amide bonds. The van der Waals surface area contributed by atoms with Gasteiger partial charge in [0.2, 0.25) is 0 Å². The van der Waals surface area contributed by atoms with E-state index >= 15 is 0 Å². The first kappa shape index (κ1) is 20.0. The summed E-state index contributed by atoms with van der Waals surface area (Å²) in [5.41, 5.74) is 3.63. The number of anilines is 1. The Bertz CT molecular complexity index is 1110. The fourth-order valence-corrected chi connectivity index (χ4v) is 5.13. The SMILES string of the molecule is CCOCCOc1cccc2c1NC(c1c(OC)ccc3ccccc13)C1CC=CC21. The van der Waals surface area contributed by atoms with E-state index in [1.165, 1.54) is 21.9 Å². The summed E-state index contributed by atoms with van der Waals surface area (Å²) in [4.78, 5) is 0. The minimum Gasteiger partial charge on any atom is -0.496 e. The number of benzene rings is 3. The molecule has 0 bridgehead atoms. The summed E-state index contributed by atoms with van der Waals surface area (Å²) in [6, 6.07) is 19.3. The van der Waals surface area contributed by atoms with Crippen molar-refractivity contribution in [2.45, 2.75) is 25.3 Å². The molecule has 0 radical (unpaired) electrons. The van der Waals surface area contributed by atoms with Gasteiger partial charge in [-0.05, 0) is 47.7 Å². The van der Waals surface area contributed by atoms with Gasteiger partial charge in [-0.1, -0.05) is 54.6 Å². The average Bonchev–Trinajstić information content (AvgIpc) is 3.31. The van der Waals surface area contributed by atoms with E-state index in [4.69, 9.17) is 14.2 Å². The van der Waals surface area contributed by atoms with E-state index in [0.29, 0.717) is 31.7 Å². The minimum atomic E-state index is 0.130. The normalized spacial score (nSPS) is 21.4. The van der Waals surface area contributed by atoms with Gasteiger partial charge in [0, 0.05) is 18.1 Å². The highest BCUT2D eigenvalue weighted by Crippen LogP contribution is 2.54. The highest BCUT2D eigenvalue weighted by atomic mass is 16.5. The van der Waals surface area contributed by atoms with Gasteiger partial charge in [0.1, 0.15) is 18.1 Å². The Kier molecular flexibility index (Phi) is 5.56. The van der Waals surface area contributed by atoms with Crippen molar-refractivity contribution in [1.29, 1.82) is 0 Å². The van der Waals surface area contributed by atoms with Crippen molar-refractivity contribution < 1.29 is 14.2 Å². The second kappa shape index (κ2) is 8.64. The van der Waals surface area contributed by atoms with Crippen LogP contribution in [0.1, 0.15) is 36.4 Å². The number of methoxy groups -OCH3 is 1. The molecule has 3 atom stereocenters. The highest BCUT2D eigenvalue weighted by molar-refractivity contribution is 5.89. The Labute approximate surface area is 183 Å². The van der Waals surface area contributed by atoms with Gasteiger partial charge < -0.3 is 19.5 Å². The lowest BCUT2D eigenvalue weighted by molar-refractivity contribution is 0.110. The molecule has 0 spiro atoms. The third-order valence-corrected chi connectivity index (χ3v) is 6.51. The summed E-state index contributed by atoms with van der Waals surface area (Å²) in [7, 11) is 1.76. The maximum Gasteiger partial charge on any atom is 0.142 e. The molecule has 5 rings (SSSR count). The van der Waals surface area contributed by atoms with Crippen LogP contribution in [0.5, 0.6) is 11.5 Å². The average molecular weight is 416 g/mol. The lowest BCUT2D eigenvalue weighted by Crippen LogP contribution is -2.30. The van der Waals surface area contributed by atoms with Gasteiger partial charge in [0.15, 0.2) is 0 Å². The van der Waals surface area contributed by atoms with Crippen LogP contribution in [-0.2, 0) is 4.74 Å². The number of hydrogen-bond acceptors (Lipinski definition) is 4. The van der Waals surface area contributed by atoms with E-state index in [2.05, 4.69) is 66.0 Å². The molecule has 0 fully saturated rings. The van der Waals surface area contributed by atoms with Gasteiger partial charge in [-0.25, -0.2) is 0 Å². The fraction of sp³-hybridized carbons (Fsp3) is 0.333. The molecule has 1 N–H and O–H groups in total. The molecule has 0 saturated heterocycles. The van der Waals surface area contributed by atoms with Crippen LogP contribution in [0.25, 0.3) is 10.8 Å². The molecular formula is C27H29NO3. The van der Waals surface area contributed by atoms with Gasteiger partial charge in [-0.3, -0.25) is 0 Å². The third-order valence-electron chi connectivity index (χ3n) is 6.51. The zero-order valence-corrected chi connectivity index (χ0v) is 18.1. The van der Waals surface area contributed by atoms with Crippen molar-refractivity contribution >= 4 is 16.5 Å². The number of hydrogen-bond donors (Lipinski definition) is 1. The molecule has 4 nitrogen and oxygen atoms in total. The molecule has 3 aromatic rings. The maximum absolute atomic E-state index is 6.14. The van der Waals surface area contributed by atoms with Crippen LogP contribution in [0.2, 0.25) is 0 Å². The van der Waals surface area contributed by atoms with Crippen molar-refractivity contribution in [1.82, 2.24) is 0 Å². The topological polar surface area (TPSA) is 39.7 Å². The van der Waals surface area contributed by atoms with Crippen LogP contribution < -0.4 is 14.8 Å². The molecule has 3 unspecified atom stereocenters. The van der Waals surface area contributed by atoms with Gasteiger partial charge in [0.05, 0.1) is 25.4 Å². The second-order valence-corrected chi connectivity index (χ2v) is 8.14. The molecule has 1 aliphatic heterocycles. The molecule has 0 aromatic heterocycles. The largest absolute Gasteiger partial charge is 0.496 e. The number of allylic oxidation sites excluding steroid dienone is 2. The molecule has 160 valence electrons. The summed E-state index contributed by atoms with van der Waals surface area (Å²) >= 11 is 0. The lowest BCUT2D eigenvalue weighted by Gasteiger charge is -2.39. The summed E-state index contributed by atoms with van der Waals surface area (Å²) < 4.78 is 17.5. The summed E-state index contributed by atoms with van der Waals surface area (Å²) in [6.07, 6.45) is 5.72. The maximum atomic E-state index is 6.14. The van der Waals surface area contributed by atoms with Crippen molar-refractivity contribution in [3.63, 3.8) is 0 Å². The van der Waals surface area contributed by atoms with Crippen molar-refractivity contribution in [2.75, 3.05) is 32.2 Å². The number of rotatable bonds is 7. The zero-order chi connectivity index (χ0) is 21.2. The smallest absolute Gasteiger partial charge is 0.142 e. The molecule has 2 aliphatic rings. The van der Waals surface area contributed by atoms with Crippen LogP contribution in [0.4, 0.5) is 5.69 Å². The van der Waals surface area contributed by atoms with Crippen LogP contribution in [0.3, 0.4) is 0 Å². The summed E-state index contributed by atoms with van der Waals surface area (Å²) in [5, 5.41) is 6.35. The van der Waals surface area contributed by atoms with Crippen molar-refractivity contribution in [3.8, 4) is 11.5 Å². The van der Waals surface area contributed by atoms with E-state index in [9.17, 15) is 0 Å². The quantitative estimate of drug-likeness (QED) is 0.374. The first-order valence-electron chi connectivity index (χ1n) is 11.1. The van der Waals surface area contributed by atoms with E-state index in [1.54, 1.807) is 7.11 Å². The monoisotopic (exact) mass is 415 g/mol. The molecule has 1 aliphatic carbocycles. The fourth-order valence-electron chi connectivity index (χ4n) is 5.13. The molecule has 3 aromatic carbocycles. The van der Waals surface area contributed by atoms with Crippen molar-refractivity contribution in [3.05, 3.63) is 77.9 Å². The summed E-state index contributed by atoms with van der Waals surface area (Å²) in [5.74, 6) is 2.62. The second-order valence-electron chi connectivity index (χ2n) is 8.14. The van der Waals surface area contributed by atoms with Gasteiger partial charge in [-0.15, -0.1) is 0 Å². The molecule has 0 saturated carbocycles. The predicted octanol–water partition coefficient (Wildman–Crippen LogP) is 6.09. The first-order chi connectivity index (χ1) is 15.3. The Hall–Kier alpha value is -2.98. The third kappa shape index (κ3) is 3.55. The number of ether oxygens (including phenoxy) is 3. The number of para-hydroxylation sites is 1. The number of nitrogens with one attached hydrogen (secondary N) is 1. The summed E-state index contributed by atoms with van der Waals surface area (Å²) in [6.45, 7) is 3.83. The molecule has 4 heteroatoms.